The zero-order valence-corrected chi connectivity index (χ0v) is 12.2. The lowest BCUT2D eigenvalue weighted by Gasteiger charge is -2.15. The molecule has 20 heavy (non-hydrogen) atoms. The van der Waals surface area contributed by atoms with Crippen molar-refractivity contribution >= 4 is 29.0 Å². The number of amides is 2. The highest BCUT2D eigenvalue weighted by Crippen LogP contribution is 2.11. The van der Waals surface area contributed by atoms with Gasteiger partial charge in [-0.15, -0.1) is 11.3 Å². The minimum atomic E-state index is -0.272. The maximum Gasteiger partial charge on any atom is 0.264 e. The van der Waals surface area contributed by atoms with Gasteiger partial charge in [0.05, 0.1) is 11.4 Å². The zero-order chi connectivity index (χ0) is 14.5. The average molecular weight is 292 g/mol. The monoisotopic (exact) mass is 292 g/mol. The summed E-state index contributed by atoms with van der Waals surface area (Å²) in [6.45, 7) is 1.98. The van der Waals surface area contributed by atoms with Crippen molar-refractivity contribution in [2.24, 2.45) is 0 Å². The normalized spacial score (nSPS) is 10.3. The van der Waals surface area contributed by atoms with Gasteiger partial charge >= 0.3 is 0 Å². The summed E-state index contributed by atoms with van der Waals surface area (Å²) in [4.78, 5) is 25.8. The van der Waals surface area contributed by atoms with Gasteiger partial charge in [0.15, 0.2) is 5.82 Å². The number of nitrogens with one attached hydrogen (secondary N) is 2. The van der Waals surface area contributed by atoms with Gasteiger partial charge < -0.3 is 10.2 Å². The molecule has 2 amide bonds. The molecule has 2 aromatic heterocycles. The van der Waals surface area contributed by atoms with Crippen molar-refractivity contribution in [2.75, 3.05) is 18.9 Å². The van der Waals surface area contributed by atoms with Crippen LogP contribution in [0.4, 0.5) is 5.82 Å². The average Bonchev–Trinajstić information content (AvgIpc) is 3.08. The number of anilines is 1. The molecule has 0 unspecified atom stereocenters. The summed E-state index contributed by atoms with van der Waals surface area (Å²) < 4.78 is 0. The molecule has 0 saturated carbocycles. The highest BCUT2D eigenvalue weighted by molar-refractivity contribution is 7.12. The highest BCUT2D eigenvalue weighted by atomic mass is 32.1. The first kappa shape index (κ1) is 14.3. The maximum atomic E-state index is 12.0. The van der Waals surface area contributed by atoms with E-state index in [2.05, 4.69) is 15.5 Å². The molecule has 0 aliphatic carbocycles. The molecule has 0 atom stereocenters. The molecule has 0 radical (unpaired) electrons. The van der Waals surface area contributed by atoms with Gasteiger partial charge in [0.25, 0.3) is 5.91 Å². The van der Waals surface area contributed by atoms with Crippen LogP contribution < -0.4 is 5.32 Å². The Balaban J connectivity index is 1.89. The number of hydrogen-bond acceptors (Lipinski definition) is 4. The van der Waals surface area contributed by atoms with E-state index in [4.69, 9.17) is 0 Å². The molecule has 2 rings (SSSR count). The van der Waals surface area contributed by atoms with Gasteiger partial charge in [-0.25, -0.2) is 0 Å². The Hall–Kier alpha value is -2.15. The number of nitrogens with zero attached hydrogens (tertiary/aromatic N) is 2. The standard InChI is InChI=1S/C13H16N4O2S/c1-3-9-7-11(16-15-9)14-12(18)8-17(2)13(19)10-5-4-6-20-10/h4-7H,3,8H2,1-2H3,(H2,14,15,16,18). The molecular weight excluding hydrogens is 276 g/mol. The van der Waals surface area contributed by atoms with Crippen LogP contribution in [0.15, 0.2) is 23.6 Å². The van der Waals surface area contributed by atoms with Crippen LogP contribution in [0.2, 0.25) is 0 Å². The molecule has 2 aromatic rings. The van der Waals surface area contributed by atoms with Crippen LogP contribution in [0.25, 0.3) is 0 Å². The highest BCUT2D eigenvalue weighted by Gasteiger charge is 2.16. The molecule has 2 N–H and O–H groups in total. The molecule has 0 bridgehead atoms. The summed E-state index contributed by atoms with van der Waals surface area (Å²) >= 11 is 1.36. The van der Waals surface area contributed by atoms with Crippen molar-refractivity contribution in [3.8, 4) is 0 Å². The van der Waals surface area contributed by atoms with Gasteiger partial charge in [-0.3, -0.25) is 14.7 Å². The second kappa shape index (κ2) is 6.33. The number of carbonyl (C=O) groups excluding carboxylic acids is 2. The minimum Gasteiger partial charge on any atom is -0.332 e. The van der Waals surface area contributed by atoms with Crippen molar-refractivity contribution in [3.05, 3.63) is 34.2 Å². The quantitative estimate of drug-likeness (QED) is 0.881. The summed E-state index contributed by atoms with van der Waals surface area (Å²) in [5.41, 5.74) is 0.948. The van der Waals surface area contributed by atoms with Crippen molar-refractivity contribution in [1.82, 2.24) is 15.1 Å². The summed E-state index contributed by atoms with van der Waals surface area (Å²) in [7, 11) is 1.60. The molecule has 0 aromatic carbocycles. The van der Waals surface area contributed by atoms with Gasteiger partial charge in [-0.1, -0.05) is 13.0 Å². The molecule has 0 aliphatic rings. The van der Waals surface area contributed by atoms with E-state index < -0.39 is 0 Å². The first-order valence-electron chi connectivity index (χ1n) is 6.23. The van der Waals surface area contributed by atoms with E-state index in [0.717, 1.165) is 12.1 Å². The fourth-order valence-corrected chi connectivity index (χ4v) is 2.38. The lowest BCUT2D eigenvalue weighted by molar-refractivity contribution is -0.116. The summed E-state index contributed by atoms with van der Waals surface area (Å²) in [5.74, 6) is 0.0433. The SMILES string of the molecule is CCc1cc(NC(=O)CN(C)C(=O)c2cccs2)n[nH]1. The predicted octanol–water partition coefficient (Wildman–Crippen LogP) is 1.74. The molecule has 0 aliphatic heterocycles. The number of rotatable bonds is 5. The predicted molar refractivity (Wildman–Crippen MR) is 77.9 cm³/mol. The third kappa shape index (κ3) is 3.45. The Kier molecular flexibility index (Phi) is 4.52. The molecule has 106 valence electrons. The fraction of sp³-hybridized carbons (Fsp3) is 0.308. The Labute approximate surface area is 120 Å². The smallest absolute Gasteiger partial charge is 0.264 e. The fourth-order valence-electron chi connectivity index (χ4n) is 1.66. The first-order chi connectivity index (χ1) is 9.60. The number of aryl methyl sites for hydroxylation is 1. The summed E-state index contributed by atoms with van der Waals surface area (Å²) in [6.07, 6.45) is 0.819. The third-order valence-corrected chi connectivity index (χ3v) is 3.60. The molecule has 0 fully saturated rings. The van der Waals surface area contributed by atoms with E-state index in [0.29, 0.717) is 10.7 Å². The number of H-pyrrole nitrogens is 1. The van der Waals surface area contributed by atoms with Crippen LogP contribution in [0, 0.1) is 0 Å². The second-order valence-corrected chi connectivity index (χ2v) is 5.27. The molecular formula is C13H16N4O2S. The largest absolute Gasteiger partial charge is 0.332 e. The van der Waals surface area contributed by atoms with E-state index in [1.54, 1.807) is 19.2 Å². The Morgan fingerprint density at radius 2 is 2.30 bits per heavy atom. The number of aromatic nitrogens is 2. The maximum absolute atomic E-state index is 12.0. The Morgan fingerprint density at radius 1 is 1.50 bits per heavy atom. The number of aromatic amines is 1. The summed E-state index contributed by atoms with van der Waals surface area (Å²) in [6, 6.07) is 5.32. The van der Waals surface area contributed by atoms with E-state index in [1.165, 1.54) is 16.2 Å². The van der Waals surface area contributed by atoms with E-state index >= 15 is 0 Å². The summed E-state index contributed by atoms with van der Waals surface area (Å²) in [5, 5.41) is 11.3. The van der Waals surface area contributed by atoms with Crippen molar-refractivity contribution in [2.45, 2.75) is 13.3 Å². The van der Waals surface area contributed by atoms with Gasteiger partial charge in [-0.2, -0.15) is 5.10 Å². The van der Waals surface area contributed by atoms with E-state index in [9.17, 15) is 9.59 Å². The van der Waals surface area contributed by atoms with Crippen LogP contribution in [-0.2, 0) is 11.2 Å². The van der Waals surface area contributed by atoms with Crippen LogP contribution in [-0.4, -0.2) is 40.5 Å². The Morgan fingerprint density at radius 3 is 2.90 bits per heavy atom. The van der Waals surface area contributed by atoms with Crippen LogP contribution in [0.5, 0.6) is 0 Å². The molecule has 2 heterocycles. The molecule has 0 saturated heterocycles. The third-order valence-electron chi connectivity index (χ3n) is 2.74. The van der Waals surface area contributed by atoms with Crippen molar-refractivity contribution in [3.63, 3.8) is 0 Å². The number of thiophene rings is 1. The Bertz CT molecular complexity index is 591. The zero-order valence-electron chi connectivity index (χ0n) is 11.3. The topological polar surface area (TPSA) is 78.1 Å². The van der Waals surface area contributed by atoms with Crippen molar-refractivity contribution in [1.29, 1.82) is 0 Å². The van der Waals surface area contributed by atoms with Gasteiger partial charge in [-0.05, 0) is 17.9 Å². The molecule has 7 heteroatoms. The van der Waals surface area contributed by atoms with Crippen molar-refractivity contribution < 1.29 is 9.59 Å². The molecule has 6 nitrogen and oxygen atoms in total. The lowest BCUT2D eigenvalue weighted by Crippen LogP contribution is -2.34. The lowest BCUT2D eigenvalue weighted by atomic mass is 10.3. The van der Waals surface area contributed by atoms with Gasteiger partial charge in [0.2, 0.25) is 5.91 Å². The van der Waals surface area contributed by atoms with Crippen LogP contribution in [0.3, 0.4) is 0 Å². The molecule has 0 spiro atoms. The minimum absolute atomic E-state index is 0.00888. The number of likely N-dealkylation sites (N-methyl/N-ethyl adjacent to an activating group) is 1. The van der Waals surface area contributed by atoms with Crippen LogP contribution in [0.1, 0.15) is 22.3 Å². The number of hydrogen-bond donors (Lipinski definition) is 2. The number of carbonyl (C=O) groups is 2. The van der Waals surface area contributed by atoms with Crippen LogP contribution >= 0.6 is 11.3 Å². The van der Waals surface area contributed by atoms with Gasteiger partial charge in [0, 0.05) is 18.8 Å². The second-order valence-electron chi connectivity index (χ2n) is 4.32. The van der Waals surface area contributed by atoms with E-state index in [-0.39, 0.29) is 18.4 Å². The van der Waals surface area contributed by atoms with Gasteiger partial charge in [0.1, 0.15) is 0 Å². The van der Waals surface area contributed by atoms with E-state index in [1.807, 2.05) is 18.4 Å². The first-order valence-corrected chi connectivity index (χ1v) is 7.11.